The number of alkyl halides is 3. The molecule has 0 aromatic carbocycles. The maximum absolute atomic E-state index is 12.9. The van der Waals surface area contributed by atoms with Gasteiger partial charge in [0.2, 0.25) is 0 Å². The van der Waals surface area contributed by atoms with Crippen LogP contribution in [-0.2, 0) is 0 Å². The summed E-state index contributed by atoms with van der Waals surface area (Å²) in [4.78, 5) is 17.1. The van der Waals surface area contributed by atoms with Crippen LogP contribution in [0.25, 0.3) is 0 Å². The van der Waals surface area contributed by atoms with Gasteiger partial charge in [0.15, 0.2) is 0 Å². The van der Waals surface area contributed by atoms with E-state index in [1.165, 1.54) is 6.07 Å². The quantitative estimate of drug-likeness (QED) is 0.889. The van der Waals surface area contributed by atoms with Crippen molar-refractivity contribution in [2.45, 2.75) is 43.8 Å². The Morgan fingerprint density at radius 2 is 2.00 bits per heavy atom. The fourth-order valence-corrected chi connectivity index (χ4v) is 4.31. The number of aromatic nitrogens is 2. The van der Waals surface area contributed by atoms with Gasteiger partial charge in [-0.05, 0) is 31.1 Å². The second-order valence-corrected chi connectivity index (χ2v) is 7.22. The highest BCUT2D eigenvalue weighted by atomic mass is 32.2. The minimum absolute atomic E-state index is 0.0729. The summed E-state index contributed by atoms with van der Waals surface area (Å²) < 4.78 is 40.3. The molecule has 3 rings (SSSR count). The molecule has 0 amide bonds. The van der Waals surface area contributed by atoms with Crippen molar-refractivity contribution in [1.82, 2.24) is 9.55 Å². The largest absolute Gasteiger partial charge is 0.391 e. The molecule has 2 aliphatic rings. The molecular formula is C16H20F3N3OS. The van der Waals surface area contributed by atoms with E-state index in [2.05, 4.69) is 10.3 Å². The number of thioether (sulfide) groups is 1. The van der Waals surface area contributed by atoms with Gasteiger partial charge in [-0.3, -0.25) is 9.36 Å². The summed E-state index contributed by atoms with van der Waals surface area (Å²) in [7, 11) is 1.68. The Bertz CT molecular complexity index is 678. The second kappa shape index (κ2) is 6.82. The molecule has 1 N–H and O–H groups in total. The van der Waals surface area contributed by atoms with Crippen molar-refractivity contribution in [2.75, 3.05) is 18.1 Å². The molecule has 1 aliphatic carbocycles. The summed E-state index contributed by atoms with van der Waals surface area (Å²) in [6, 6.07) is 1.37. The zero-order valence-electron chi connectivity index (χ0n) is 13.3. The van der Waals surface area contributed by atoms with Gasteiger partial charge in [0.05, 0.1) is 12.0 Å². The molecule has 1 aromatic heterocycles. The van der Waals surface area contributed by atoms with Crippen molar-refractivity contribution in [2.24, 2.45) is 5.92 Å². The number of hydrogen-bond donors (Lipinski definition) is 1. The van der Waals surface area contributed by atoms with Gasteiger partial charge in [-0.25, -0.2) is 4.98 Å². The van der Waals surface area contributed by atoms with Crippen LogP contribution >= 0.6 is 11.8 Å². The van der Waals surface area contributed by atoms with Crippen molar-refractivity contribution in [3.05, 3.63) is 33.7 Å². The minimum atomic E-state index is -4.13. The number of nitrogens with zero attached hydrogens (tertiary/aromatic N) is 2. The van der Waals surface area contributed by atoms with Crippen LogP contribution < -0.4 is 10.9 Å². The number of halogens is 3. The predicted molar refractivity (Wildman–Crippen MR) is 89.4 cm³/mol. The second-order valence-electron chi connectivity index (χ2n) is 6.28. The highest BCUT2D eigenvalue weighted by Crippen LogP contribution is 2.43. The lowest BCUT2D eigenvalue weighted by Crippen LogP contribution is -2.33. The average Bonchev–Trinajstić information content (AvgIpc) is 3.07. The van der Waals surface area contributed by atoms with Crippen LogP contribution in [-0.4, -0.2) is 28.5 Å². The summed E-state index contributed by atoms with van der Waals surface area (Å²) in [5, 5.41) is 4.82. The highest BCUT2D eigenvalue weighted by Gasteiger charge is 2.42. The van der Waals surface area contributed by atoms with Gasteiger partial charge in [-0.1, -0.05) is 6.08 Å². The zero-order chi connectivity index (χ0) is 17.3. The lowest BCUT2D eigenvalue weighted by molar-refractivity contribution is -0.182. The van der Waals surface area contributed by atoms with Gasteiger partial charge in [0, 0.05) is 24.8 Å². The first kappa shape index (κ1) is 17.4. The first-order valence-electron chi connectivity index (χ1n) is 8.06. The Hall–Kier alpha value is -1.44. The zero-order valence-corrected chi connectivity index (χ0v) is 14.2. The van der Waals surface area contributed by atoms with Crippen LogP contribution in [0, 0.1) is 5.92 Å². The SMILES string of the molecule is CNc1cc(=O)n(C2C=CSC2)c(C2CCC(C(F)(F)F)CC2)n1. The van der Waals surface area contributed by atoms with Gasteiger partial charge in [0.1, 0.15) is 11.6 Å². The van der Waals surface area contributed by atoms with E-state index >= 15 is 0 Å². The maximum Gasteiger partial charge on any atom is 0.391 e. The van der Waals surface area contributed by atoms with Crippen molar-refractivity contribution < 1.29 is 13.2 Å². The van der Waals surface area contributed by atoms with Gasteiger partial charge in [-0.15, -0.1) is 11.8 Å². The van der Waals surface area contributed by atoms with Crippen molar-refractivity contribution >= 4 is 17.6 Å². The van der Waals surface area contributed by atoms with Gasteiger partial charge >= 0.3 is 6.18 Å². The van der Waals surface area contributed by atoms with E-state index in [4.69, 9.17) is 0 Å². The van der Waals surface area contributed by atoms with E-state index in [9.17, 15) is 18.0 Å². The average molecular weight is 359 g/mol. The molecule has 1 atom stereocenters. The predicted octanol–water partition coefficient (Wildman–Crippen LogP) is 3.92. The summed E-state index contributed by atoms with van der Waals surface area (Å²) >= 11 is 1.62. The summed E-state index contributed by atoms with van der Waals surface area (Å²) in [5.74, 6) is 0.501. The first-order chi connectivity index (χ1) is 11.4. The maximum atomic E-state index is 12.9. The van der Waals surface area contributed by atoms with Crippen LogP contribution in [0.5, 0.6) is 0 Å². The third-order valence-electron chi connectivity index (χ3n) is 4.79. The van der Waals surface area contributed by atoms with Gasteiger partial charge in [0.25, 0.3) is 5.56 Å². The molecule has 1 unspecified atom stereocenters. The van der Waals surface area contributed by atoms with E-state index in [0.717, 1.165) is 5.75 Å². The molecule has 8 heteroatoms. The number of allylic oxidation sites excluding steroid dienone is 1. The molecular weight excluding hydrogens is 339 g/mol. The Labute approximate surface area is 142 Å². The van der Waals surface area contributed by atoms with Crippen LogP contribution in [0.4, 0.5) is 19.0 Å². The Balaban J connectivity index is 1.91. The fourth-order valence-electron chi connectivity index (χ4n) is 3.45. The third-order valence-corrected chi connectivity index (χ3v) is 5.67. The molecule has 132 valence electrons. The normalized spacial score (nSPS) is 27.4. The lowest BCUT2D eigenvalue weighted by Gasteiger charge is -2.31. The molecule has 1 fully saturated rings. The Morgan fingerprint density at radius 3 is 2.54 bits per heavy atom. The number of hydrogen-bond acceptors (Lipinski definition) is 4. The monoisotopic (exact) mass is 359 g/mol. The minimum Gasteiger partial charge on any atom is -0.373 e. The molecule has 1 aliphatic heterocycles. The van der Waals surface area contributed by atoms with Crippen LogP contribution in [0.1, 0.15) is 43.5 Å². The number of rotatable bonds is 3. The Morgan fingerprint density at radius 1 is 1.29 bits per heavy atom. The number of anilines is 1. The summed E-state index contributed by atoms with van der Waals surface area (Å²) in [5.41, 5.74) is -0.153. The molecule has 0 radical (unpaired) electrons. The van der Waals surface area contributed by atoms with Crippen LogP contribution in [0.15, 0.2) is 22.3 Å². The van der Waals surface area contributed by atoms with E-state index < -0.39 is 12.1 Å². The summed E-state index contributed by atoms with van der Waals surface area (Å²) in [6.07, 6.45) is -1.15. The van der Waals surface area contributed by atoms with Gasteiger partial charge < -0.3 is 5.32 Å². The standard InChI is InChI=1S/C16H20F3N3OS/c1-20-13-8-14(23)22(12-6-7-24-9-12)15(21-13)10-2-4-11(5-3-10)16(17,18)19/h6-8,10-12,20H,2-5,9H2,1H3. The lowest BCUT2D eigenvalue weighted by atomic mass is 9.81. The smallest absolute Gasteiger partial charge is 0.373 e. The summed E-state index contributed by atoms with van der Waals surface area (Å²) in [6.45, 7) is 0. The fraction of sp³-hybridized carbons (Fsp3) is 0.625. The molecule has 1 saturated carbocycles. The van der Waals surface area contributed by atoms with Crippen LogP contribution in [0.2, 0.25) is 0 Å². The molecule has 1 aromatic rings. The molecule has 24 heavy (non-hydrogen) atoms. The molecule has 2 heterocycles. The van der Waals surface area contributed by atoms with Gasteiger partial charge in [-0.2, -0.15) is 13.2 Å². The van der Waals surface area contributed by atoms with Crippen molar-refractivity contribution in [3.8, 4) is 0 Å². The first-order valence-corrected chi connectivity index (χ1v) is 9.11. The highest BCUT2D eigenvalue weighted by molar-refractivity contribution is 8.02. The van der Waals surface area contributed by atoms with E-state index in [-0.39, 0.29) is 30.4 Å². The third kappa shape index (κ3) is 3.48. The van der Waals surface area contributed by atoms with Crippen molar-refractivity contribution in [1.29, 1.82) is 0 Å². The molecule has 0 bridgehead atoms. The van der Waals surface area contributed by atoms with Crippen LogP contribution in [0.3, 0.4) is 0 Å². The van der Waals surface area contributed by atoms with E-state index in [1.54, 1.807) is 23.4 Å². The molecule has 4 nitrogen and oxygen atoms in total. The van der Waals surface area contributed by atoms with E-state index in [1.807, 2.05) is 11.5 Å². The van der Waals surface area contributed by atoms with E-state index in [0.29, 0.717) is 24.5 Å². The Kier molecular flexibility index (Phi) is 4.94. The molecule has 0 saturated heterocycles. The molecule has 0 spiro atoms. The van der Waals surface area contributed by atoms with Crippen molar-refractivity contribution in [3.63, 3.8) is 0 Å². The topological polar surface area (TPSA) is 46.9 Å². The number of nitrogens with one attached hydrogen (secondary N) is 1.